The Morgan fingerprint density at radius 3 is 2.90 bits per heavy atom. The zero-order valence-electron chi connectivity index (χ0n) is 17.7. The summed E-state index contributed by atoms with van der Waals surface area (Å²) in [6, 6.07) is 12.3. The number of carbonyl (C=O) groups is 1. The maximum Gasteiger partial charge on any atom is 0.273 e. The SMILES string of the molecule is Cc1nn(C)cc1-c1cc(C(=O)NCC2CCCN(CCc3ccccc3)C2)no1. The summed E-state index contributed by atoms with van der Waals surface area (Å²) < 4.78 is 7.10. The highest BCUT2D eigenvalue weighted by Crippen LogP contribution is 2.23. The van der Waals surface area contributed by atoms with Crippen molar-refractivity contribution < 1.29 is 9.32 Å². The molecule has 30 heavy (non-hydrogen) atoms. The summed E-state index contributed by atoms with van der Waals surface area (Å²) in [4.78, 5) is 15.1. The van der Waals surface area contributed by atoms with E-state index in [9.17, 15) is 4.79 Å². The van der Waals surface area contributed by atoms with Gasteiger partial charge in [0.25, 0.3) is 5.91 Å². The van der Waals surface area contributed by atoms with Crippen LogP contribution >= 0.6 is 0 Å². The molecule has 2 aromatic heterocycles. The molecule has 1 N–H and O–H groups in total. The van der Waals surface area contributed by atoms with Crippen LogP contribution in [0.2, 0.25) is 0 Å². The van der Waals surface area contributed by atoms with Crippen molar-refractivity contribution >= 4 is 5.91 Å². The van der Waals surface area contributed by atoms with Crippen molar-refractivity contribution in [3.8, 4) is 11.3 Å². The van der Waals surface area contributed by atoms with E-state index < -0.39 is 0 Å². The molecule has 1 amide bonds. The van der Waals surface area contributed by atoms with Gasteiger partial charge in [-0.25, -0.2) is 0 Å². The fourth-order valence-corrected chi connectivity index (χ4v) is 4.13. The number of aromatic nitrogens is 3. The van der Waals surface area contributed by atoms with Gasteiger partial charge in [-0.3, -0.25) is 9.48 Å². The standard InChI is InChI=1S/C23H29N5O2/c1-17-20(16-27(2)25-17)22-13-21(26-30-22)23(29)24-14-19-9-6-11-28(15-19)12-10-18-7-4-3-5-8-18/h3-5,7-8,13,16,19H,6,9-12,14-15H2,1-2H3,(H,24,29). The minimum atomic E-state index is -0.187. The van der Waals surface area contributed by atoms with Crippen LogP contribution in [0.4, 0.5) is 0 Å². The van der Waals surface area contributed by atoms with Crippen molar-refractivity contribution in [2.45, 2.75) is 26.2 Å². The van der Waals surface area contributed by atoms with Crippen LogP contribution in [0.5, 0.6) is 0 Å². The second kappa shape index (κ2) is 9.26. The number of carbonyl (C=O) groups excluding carboxylic acids is 1. The number of nitrogens with one attached hydrogen (secondary N) is 1. The van der Waals surface area contributed by atoms with Crippen LogP contribution < -0.4 is 5.32 Å². The zero-order valence-corrected chi connectivity index (χ0v) is 17.7. The normalized spacial score (nSPS) is 17.2. The van der Waals surface area contributed by atoms with E-state index in [-0.39, 0.29) is 5.91 Å². The van der Waals surface area contributed by atoms with Crippen molar-refractivity contribution in [1.29, 1.82) is 0 Å². The molecule has 3 aromatic rings. The van der Waals surface area contributed by atoms with Crippen LogP contribution in [0.25, 0.3) is 11.3 Å². The molecule has 3 heterocycles. The molecule has 1 atom stereocenters. The van der Waals surface area contributed by atoms with Crippen molar-refractivity contribution in [2.24, 2.45) is 13.0 Å². The quantitative estimate of drug-likeness (QED) is 0.651. The van der Waals surface area contributed by atoms with E-state index in [0.717, 1.165) is 43.7 Å². The van der Waals surface area contributed by atoms with Crippen molar-refractivity contribution in [1.82, 2.24) is 25.2 Å². The molecule has 4 rings (SSSR count). The third-order valence-corrected chi connectivity index (χ3v) is 5.74. The van der Waals surface area contributed by atoms with Gasteiger partial charge in [0.05, 0.1) is 11.3 Å². The van der Waals surface area contributed by atoms with Crippen LogP contribution in [-0.4, -0.2) is 51.9 Å². The Hall–Kier alpha value is -2.93. The molecule has 0 radical (unpaired) electrons. The maximum atomic E-state index is 12.5. The van der Waals surface area contributed by atoms with Gasteiger partial charge in [0.2, 0.25) is 0 Å². The molecule has 1 saturated heterocycles. The summed E-state index contributed by atoms with van der Waals surface area (Å²) in [5.41, 5.74) is 3.38. The molecule has 0 aliphatic carbocycles. The Kier molecular flexibility index (Phi) is 6.28. The monoisotopic (exact) mass is 407 g/mol. The number of piperidine rings is 1. The fraction of sp³-hybridized carbons (Fsp3) is 0.435. The van der Waals surface area contributed by atoms with Gasteiger partial charge in [0.1, 0.15) is 0 Å². The van der Waals surface area contributed by atoms with E-state index in [2.05, 4.69) is 50.8 Å². The molecule has 7 heteroatoms. The summed E-state index contributed by atoms with van der Waals surface area (Å²) >= 11 is 0. The van der Waals surface area contributed by atoms with Gasteiger partial charge >= 0.3 is 0 Å². The zero-order chi connectivity index (χ0) is 20.9. The number of hydrogen-bond acceptors (Lipinski definition) is 5. The number of aryl methyl sites for hydroxylation is 2. The van der Waals surface area contributed by atoms with Gasteiger partial charge < -0.3 is 14.7 Å². The highest BCUT2D eigenvalue weighted by molar-refractivity contribution is 5.93. The number of likely N-dealkylation sites (tertiary alicyclic amines) is 1. The topological polar surface area (TPSA) is 76.2 Å². The summed E-state index contributed by atoms with van der Waals surface area (Å²) in [5, 5.41) is 11.3. The molecule has 1 fully saturated rings. The number of benzene rings is 1. The number of hydrogen-bond donors (Lipinski definition) is 1. The Morgan fingerprint density at radius 2 is 2.13 bits per heavy atom. The average Bonchev–Trinajstić information content (AvgIpc) is 3.37. The Bertz CT molecular complexity index is 979. The molecule has 1 aliphatic rings. The van der Waals surface area contributed by atoms with E-state index in [1.807, 2.05) is 20.2 Å². The van der Waals surface area contributed by atoms with Crippen molar-refractivity contribution in [3.63, 3.8) is 0 Å². The van der Waals surface area contributed by atoms with Gasteiger partial charge in [-0.1, -0.05) is 35.5 Å². The summed E-state index contributed by atoms with van der Waals surface area (Å²) in [6.45, 7) is 5.78. The molecule has 1 unspecified atom stereocenters. The van der Waals surface area contributed by atoms with Crippen molar-refractivity contribution in [3.05, 3.63) is 59.5 Å². The van der Waals surface area contributed by atoms with Gasteiger partial charge in [-0.05, 0) is 44.2 Å². The second-order valence-corrected chi connectivity index (χ2v) is 8.13. The van der Waals surface area contributed by atoms with Crippen LogP contribution in [-0.2, 0) is 13.5 Å². The molecule has 0 spiro atoms. The van der Waals surface area contributed by atoms with Gasteiger partial charge in [-0.15, -0.1) is 0 Å². The highest BCUT2D eigenvalue weighted by atomic mass is 16.5. The first-order valence-electron chi connectivity index (χ1n) is 10.6. The first-order chi connectivity index (χ1) is 14.6. The third kappa shape index (κ3) is 4.97. The molecular formula is C23H29N5O2. The number of amides is 1. The molecule has 1 aromatic carbocycles. The average molecular weight is 408 g/mol. The van der Waals surface area contributed by atoms with E-state index in [4.69, 9.17) is 4.52 Å². The van der Waals surface area contributed by atoms with Crippen LogP contribution in [0.1, 0.15) is 34.6 Å². The molecule has 1 aliphatic heterocycles. The lowest BCUT2D eigenvalue weighted by molar-refractivity contribution is 0.0924. The second-order valence-electron chi connectivity index (χ2n) is 8.13. The van der Waals surface area contributed by atoms with Crippen LogP contribution in [0, 0.1) is 12.8 Å². The van der Waals surface area contributed by atoms with Crippen molar-refractivity contribution in [2.75, 3.05) is 26.2 Å². The minimum absolute atomic E-state index is 0.187. The van der Waals surface area contributed by atoms with E-state index in [1.165, 1.54) is 12.0 Å². The molecule has 0 bridgehead atoms. The lowest BCUT2D eigenvalue weighted by Crippen LogP contribution is -2.41. The van der Waals surface area contributed by atoms with Crippen LogP contribution in [0.15, 0.2) is 47.1 Å². The summed E-state index contributed by atoms with van der Waals surface area (Å²) in [5.74, 6) is 0.842. The Balaban J connectivity index is 1.27. The van der Waals surface area contributed by atoms with Gasteiger partial charge in [0.15, 0.2) is 11.5 Å². The lowest BCUT2D eigenvalue weighted by Gasteiger charge is -2.32. The van der Waals surface area contributed by atoms with Gasteiger partial charge in [0, 0.05) is 38.9 Å². The number of rotatable bonds is 7. The highest BCUT2D eigenvalue weighted by Gasteiger charge is 2.22. The molecule has 158 valence electrons. The molecular weight excluding hydrogens is 378 g/mol. The summed E-state index contributed by atoms with van der Waals surface area (Å²) in [6.07, 6.45) is 5.24. The molecule has 0 saturated carbocycles. The molecule has 7 nitrogen and oxygen atoms in total. The summed E-state index contributed by atoms with van der Waals surface area (Å²) in [7, 11) is 1.85. The van der Waals surface area contributed by atoms with Crippen LogP contribution in [0.3, 0.4) is 0 Å². The van der Waals surface area contributed by atoms with E-state index in [0.29, 0.717) is 23.9 Å². The first kappa shape index (κ1) is 20.3. The predicted octanol–water partition coefficient (Wildman–Crippen LogP) is 3.07. The first-order valence-corrected chi connectivity index (χ1v) is 10.6. The fourth-order valence-electron chi connectivity index (χ4n) is 4.13. The van der Waals surface area contributed by atoms with E-state index in [1.54, 1.807) is 10.7 Å². The Morgan fingerprint density at radius 1 is 1.30 bits per heavy atom. The maximum absolute atomic E-state index is 12.5. The van der Waals surface area contributed by atoms with Gasteiger partial charge in [-0.2, -0.15) is 5.10 Å². The minimum Gasteiger partial charge on any atom is -0.355 e. The van der Waals surface area contributed by atoms with E-state index >= 15 is 0 Å². The largest absolute Gasteiger partial charge is 0.355 e. The predicted molar refractivity (Wildman–Crippen MR) is 115 cm³/mol. The Labute approximate surface area is 177 Å². The lowest BCUT2D eigenvalue weighted by atomic mass is 9.97. The smallest absolute Gasteiger partial charge is 0.273 e. The third-order valence-electron chi connectivity index (χ3n) is 5.74. The number of nitrogens with zero attached hydrogens (tertiary/aromatic N) is 4.